The molecule has 3 rings (SSSR count). The van der Waals surface area contributed by atoms with Crippen LogP contribution in [-0.4, -0.2) is 19.6 Å². The summed E-state index contributed by atoms with van der Waals surface area (Å²) in [5.41, 5.74) is -5.61. The van der Waals surface area contributed by atoms with Gasteiger partial charge in [-0.05, 0) is 42.5 Å². The number of anilines is 1. The summed E-state index contributed by atoms with van der Waals surface area (Å²) in [6.07, 6.45) is 0. The Balaban J connectivity index is 2.12. The highest BCUT2D eigenvalue weighted by atomic mass is 35.5. The molecule has 0 saturated heterocycles. The standard InChI is InChI=1S/C20H13ClF4N2O3S/c21-14-6-11-18(27-31(28,29)20(23,24)25)17(12-14)19(13-4-2-1-3-5-13)26-30-16-9-7-15(22)8-10-16/h1-12,27H/b26-19-. The Hall–Kier alpha value is -3.11. The minimum absolute atomic E-state index is 0.00713. The molecule has 0 aliphatic heterocycles. The van der Waals surface area contributed by atoms with E-state index in [9.17, 15) is 26.0 Å². The lowest BCUT2D eigenvalue weighted by molar-refractivity contribution is -0.0429. The van der Waals surface area contributed by atoms with Gasteiger partial charge in [0.1, 0.15) is 11.5 Å². The van der Waals surface area contributed by atoms with E-state index in [4.69, 9.17) is 16.4 Å². The molecule has 3 aromatic rings. The van der Waals surface area contributed by atoms with Crippen LogP contribution in [0.2, 0.25) is 5.02 Å². The molecule has 0 fully saturated rings. The Morgan fingerprint density at radius 3 is 2.23 bits per heavy atom. The number of sulfonamides is 1. The van der Waals surface area contributed by atoms with Gasteiger partial charge in [-0.15, -0.1) is 0 Å². The Bertz CT molecular complexity index is 1200. The summed E-state index contributed by atoms with van der Waals surface area (Å²) in [6, 6.07) is 16.6. The minimum atomic E-state index is -5.70. The highest BCUT2D eigenvalue weighted by molar-refractivity contribution is 7.93. The van der Waals surface area contributed by atoms with Crippen LogP contribution in [-0.2, 0) is 10.0 Å². The van der Waals surface area contributed by atoms with Gasteiger partial charge in [0.15, 0.2) is 5.75 Å². The molecule has 0 radical (unpaired) electrons. The summed E-state index contributed by atoms with van der Waals surface area (Å²) in [6.45, 7) is 0. The molecular formula is C20H13ClF4N2O3S. The lowest BCUT2D eigenvalue weighted by atomic mass is 10.0. The van der Waals surface area contributed by atoms with Crippen LogP contribution in [0, 0.1) is 5.82 Å². The van der Waals surface area contributed by atoms with Gasteiger partial charge in [0.25, 0.3) is 0 Å². The number of benzene rings is 3. The van der Waals surface area contributed by atoms with Crippen LogP contribution in [0.15, 0.2) is 78.0 Å². The molecule has 0 bridgehead atoms. The van der Waals surface area contributed by atoms with Crippen LogP contribution in [0.1, 0.15) is 11.1 Å². The number of halogens is 5. The van der Waals surface area contributed by atoms with Crippen molar-refractivity contribution in [2.45, 2.75) is 5.51 Å². The molecule has 0 saturated carbocycles. The van der Waals surface area contributed by atoms with E-state index in [-0.39, 0.29) is 22.0 Å². The first-order valence-corrected chi connectivity index (χ1v) is 10.4. The number of alkyl halides is 3. The zero-order valence-electron chi connectivity index (χ0n) is 15.4. The number of rotatable bonds is 6. The van der Waals surface area contributed by atoms with Gasteiger partial charge in [-0.25, -0.2) is 4.39 Å². The fourth-order valence-electron chi connectivity index (χ4n) is 2.45. The van der Waals surface area contributed by atoms with Gasteiger partial charge in [0.05, 0.1) is 5.69 Å². The van der Waals surface area contributed by atoms with Gasteiger partial charge in [0.2, 0.25) is 0 Å². The predicted molar refractivity (Wildman–Crippen MR) is 109 cm³/mol. The van der Waals surface area contributed by atoms with Crippen molar-refractivity contribution in [3.8, 4) is 5.75 Å². The van der Waals surface area contributed by atoms with Gasteiger partial charge >= 0.3 is 15.5 Å². The monoisotopic (exact) mass is 472 g/mol. The van der Waals surface area contributed by atoms with Crippen molar-refractivity contribution in [1.29, 1.82) is 0 Å². The third-order valence-corrected chi connectivity index (χ3v) is 5.22. The molecule has 31 heavy (non-hydrogen) atoms. The van der Waals surface area contributed by atoms with Gasteiger partial charge in [-0.3, -0.25) is 4.72 Å². The summed E-state index contributed by atoms with van der Waals surface area (Å²) in [7, 11) is -5.70. The first-order valence-electron chi connectivity index (χ1n) is 8.52. The van der Waals surface area contributed by atoms with E-state index in [1.165, 1.54) is 29.0 Å². The van der Waals surface area contributed by atoms with Crippen molar-refractivity contribution in [3.63, 3.8) is 0 Å². The Morgan fingerprint density at radius 2 is 1.61 bits per heavy atom. The fourth-order valence-corrected chi connectivity index (χ4v) is 3.21. The number of hydrogen-bond donors (Lipinski definition) is 1. The normalized spacial score (nSPS) is 12.5. The second kappa shape index (κ2) is 8.94. The van der Waals surface area contributed by atoms with Crippen LogP contribution in [0.5, 0.6) is 5.75 Å². The van der Waals surface area contributed by atoms with Gasteiger partial charge < -0.3 is 4.84 Å². The molecule has 0 amide bonds. The second-order valence-corrected chi connectivity index (χ2v) is 8.20. The van der Waals surface area contributed by atoms with E-state index in [2.05, 4.69) is 5.16 Å². The van der Waals surface area contributed by atoms with Crippen molar-refractivity contribution in [2.75, 3.05) is 4.72 Å². The number of nitrogens with one attached hydrogen (secondary N) is 1. The van der Waals surface area contributed by atoms with Crippen molar-refractivity contribution < 1.29 is 30.8 Å². The molecule has 0 spiro atoms. The lowest BCUT2D eigenvalue weighted by Crippen LogP contribution is -2.30. The third-order valence-electron chi connectivity index (χ3n) is 3.89. The summed E-state index contributed by atoms with van der Waals surface area (Å²) < 4.78 is 76.6. The predicted octanol–water partition coefficient (Wildman–Crippen LogP) is 5.57. The van der Waals surface area contributed by atoms with Crippen molar-refractivity contribution >= 4 is 33.0 Å². The molecule has 0 aliphatic carbocycles. The molecule has 1 N–H and O–H groups in total. The fraction of sp³-hybridized carbons (Fsp3) is 0.0500. The van der Waals surface area contributed by atoms with Crippen LogP contribution in [0.3, 0.4) is 0 Å². The van der Waals surface area contributed by atoms with Crippen molar-refractivity contribution in [2.24, 2.45) is 5.16 Å². The van der Waals surface area contributed by atoms with E-state index >= 15 is 0 Å². The van der Waals surface area contributed by atoms with E-state index in [1.54, 1.807) is 30.3 Å². The quantitative estimate of drug-likeness (QED) is 0.289. The first kappa shape index (κ1) is 22.6. The van der Waals surface area contributed by atoms with Crippen LogP contribution in [0.25, 0.3) is 0 Å². The van der Waals surface area contributed by atoms with Crippen LogP contribution >= 0.6 is 11.6 Å². The van der Waals surface area contributed by atoms with Gasteiger partial charge in [-0.2, -0.15) is 21.6 Å². The molecule has 3 aromatic carbocycles. The zero-order chi connectivity index (χ0) is 22.6. The molecular weight excluding hydrogens is 460 g/mol. The van der Waals surface area contributed by atoms with E-state index in [1.807, 2.05) is 0 Å². The Kier molecular flexibility index (Phi) is 6.51. The minimum Gasteiger partial charge on any atom is -0.356 e. The second-order valence-electron chi connectivity index (χ2n) is 6.09. The van der Waals surface area contributed by atoms with Crippen molar-refractivity contribution in [3.05, 3.63) is 94.8 Å². The molecule has 0 aromatic heterocycles. The Labute approximate surface area is 180 Å². The summed E-state index contributed by atoms with van der Waals surface area (Å²) in [4.78, 5) is 5.30. The number of hydrogen-bond acceptors (Lipinski definition) is 4. The van der Waals surface area contributed by atoms with E-state index in [0.29, 0.717) is 5.56 Å². The number of oxime groups is 1. The maximum atomic E-state index is 13.1. The summed E-state index contributed by atoms with van der Waals surface area (Å²) >= 11 is 6.01. The van der Waals surface area contributed by atoms with E-state index < -0.39 is 27.0 Å². The van der Waals surface area contributed by atoms with Crippen LogP contribution < -0.4 is 9.56 Å². The maximum absolute atomic E-state index is 13.1. The third kappa shape index (κ3) is 5.53. The zero-order valence-corrected chi connectivity index (χ0v) is 17.0. The summed E-state index contributed by atoms with van der Waals surface area (Å²) in [5, 5.41) is 4.10. The van der Waals surface area contributed by atoms with Gasteiger partial charge in [0, 0.05) is 16.1 Å². The average Bonchev–Trinajstić information content (AvgIpc) is 2.71. The Morgan fingerprint density at radius 1 is 0.968 bits per heavy atom. The summed E-state index contributed by atoms with van der Waals surface area (Å²) in [5.74, 6) is -0.354. The molecule has 162 valence electrons. The number of nitrogens with zero attached hydrogens (tertiary/aromatic N) is 1. The molecule has 0 unspecified atom stereocenters. The molecule has 11 heteroatoms. The van der Waals surface area contributed by atoms with Gasteiger partial charge in [-0.1, -0.05) is 47.1 Å². The highest BCUT2D eigenvalue weighted by Crippen LogP contribution is 2.30. The molecule has 0 aliphatic rings. The van der Waals surface area contributed by atoms with E-state index in [0.717, 1.165) is 18.2 Å². The van der Waals surface area contributed by atoms with Crippen molar-refractivity contribution in [1.82, 2.24) is 0 Å². The molecule has 0 heterocycles. The molecule has 0 atom stereocenters. The lowest BCUT2D eigenvalue weighted by Gasteiger charge is -2.16. The topological polar surface area (TPSA) is 67.8 Å². The smallest absolute Gasteiger partial charge is 0.356 e. The molecule has 5 nitrogen and oxygen atoms in total. The maximum Gasteiger partial charge on any atom is 0.516 e. The largest absolute Gasteiger partial charge is 0.516 e. The SMILES string of the molecule is O=S(=O)(Nc1ccc(Cl)cc1/C(=N\Oc1ccc(F)cc1)c1ccccc1)C(F)(F)F. The average molecular weight is 473 g/mol. The first-order chi connectivity index (χ1) is 14.6. The van der Waals surface area contributed by atoms with Crippen LogP contribution in [0.4, 0.5) is 23.2 Å². The highest BCUT2D eigenvalue weighted by Gasteiger charge is 2.46.